The molecule has 1 heteroatoms. The standard InChI is InChI=1S/C15H28O/c1-6-14(4)7-8-15(5)10-12-16-11-9-13(2)3/h6,10,13-14H,1,7-9,11-12H2,2-5H3/b15-10+. The Morgan fingerprint density at radius 3 is 2.50 bits per heavy atom. The maximum atomic E-state index is 5.55. The zero-order valence-corrected chi connectivity index (χ0v) is 11.5. The largest absolute Gasteiger partial charge is 0.377 e. The molecule has 0 aliphatic heterocycles. The van der Waals surface area contributed by atoms with E-state index in [0.29, 0.717) is 5.92 Å². The lowest BCUT2D eigenvalue weighted by molar-refractivity contribution is 0.149. The molecule has 0 saturated carbocycles. The van der Waals surface area contributed by atoms with Crippen molar-refractivity contribution in [2.75, 3.05) is 13.2 Å². The lowest BCUT2D eigenvalue weighted by Gasteiger charge is -2.07. The van der Waals surface area contributed by atoms with Crippen LogP contribution in [-0.2, 0) is 4.74 Å². The minimum Gasteiger partial charge on any atom is -0.377 e. The third-order valence-corrected chi connectivity index (χ3v) is 2.79. The smallest absolute Gasteiger partial charge is 0.0649 e. The third kappa shape index (κ3) is 9.97. The van der Waals surface area contributed by atoms with E-state index in [2.05, 4.69) is 40.3 Å². The van der Waals surface area contributed by atoms with Gasteiger partial charge in [0.2, 0.25) is 0 Å². The van der Waals surface area contributed by atoms with E-state index in [1.165, 1.54) is 12.0 Å². The van der Waals surface area contributed by atoms with Gasteiger partial charge >= 0.3 is 0 Å². The third-order valence-electron chi connectivity index (χ3n) is 2.79. The molecule has 0 rings (SSSR count). The average molecular weight is 224 g/mol. The van der Waals surface area contributed by atoms with E-state index in [1.54, 1.807) is 0 Å². The lowest BCUT2D eigenvalue weighted by atomic mass is 10.0. The summed E-state index contributed by atoms with van der Waals surface area (Å²) >= 11 is 0. The summed E-state index contributed by atoms with van der Waals surface area (Å²) in [7, 11) is 0. The molecule has 0 bridgehead atoms. The molecule has 0 aliphatic rings. The molecule has 1 nitrogen and oxygen atoms in total. The normalized spacial score (nSPS) is 14.2. The van der Waals surface area contributed by atoms with Crippen LogP contribution in [-0.4, -0.2) is 13.2 Å². The summed E-state index contributed by atoms with van der Waals surface area (Å²) < 4.78 is 5.55. The van der Waals surface area contributed by atoms with Crippen LogP contribution in [0.25, 0.3) is 0 Å². The second kappa shape index (κ2) is 9.65. The highest BCUT2D eigenvalue weighted by atomic mass is 16.5. The van der Waals surface area contributed by atoms with Crippen LogP contribution in [0, 0.1) is 11.8 Å². The molecule has 0 aliphatic carbocycles. The molecular formula is C15H28O. The highest BCUT2D eigenvalue weighted by molar-refractivity contribution is 4.98. The van der Waals surface area contributed by atoms with E-state index in [0.717, 1.165) is 32.0 Å². The molecule has 0 aromatic carbocycles. The zero-order chi connectivity index (χ0) is 12.4. The van der Waals surface area contributed by atoms with Gasteiger partial charge in [0, 0.05) is 6.61 Å². The van der Waals surface area contributed by atoms with Gasteiger partial charge < -0.3 is 4.74 Å². The number of hydrogen-bond donors (Lipinski definition) is 0. The molecule has 0 aromatic rings. The van der Waals surface area contributed by atoms with Crippen LogP contribution in [0.3, 0.4) is 0 Å². The molecular weight excluding hydrogens is 196 g/mol. The Balaban J connectivity index is 3.51. The van der Waals surface area contributed by atoms with Crippen molar-refractivity contribution in [3.05, 3.63) is 24.3 Å². The van der Waals surface area contributed by atoms with Gasteiger partial charge in [0.15, 0.2) is 0 Å². The fourth-order valence-electron chi connectivity index (χ4n) is 1.28. The van der Waals surface area contributed by atoms with Crippen LogP contribution in [0.5, 0.6) is 0 Å². The first-order chi connectivity index (χ1) is 7.56. The van der Waals surface area contributed by atoms with Gasteiger partial charge in [-0.3, -0.25) is 0 Å². The molecule has 0 aromatic heterocycles. The van der Waals surface area contributed by atoms with E-state index in [4.69, 9.17) is 4.74 Å². The Morgan fingerprint density at radius 1 is 1.25 bits per heavy atom. The molecule has 1 atom stereocenters. The van der Waals surface area contributed by atoms with E-state index in [1.807, 2.05) is 6.08 Å². The summed E-state index contributed by atoms with van der Waals surface area (Å²) in [5.74, 6) is 1.35. The molecule has 0 heterocycles. The quantitative estimate of drug-likeness (QED) is 0.411. The SMILES string of the molecule is C=CC(C)CC/C(C)=C/COCCC(C)C. The first-order valence-corrected chi connectivity index (χ1v) is 6.42. The average Bonchev–Trinajstić information content (AvgIpc) is 2.24. The monoisotopic (exact) mass is 224 g/mol. The minimum atomic E-state index is 0.616. The van der Waals surface area contributed by atoms with Gasteiger partial charge in [0.25, 0.3) is 0 Å². The van der Waals surface area contributed by atoms with Gasteiger partial charge in [-0.05, 0) is 38.0 Å². The molecule has 16 heavy (non-hydrogen) atoms. The van der Waals surface area contributed by atoms with E-state index >= 15 is 0 Å². The van der Waals surface area contributed by atoms with Crippen LogP contribution in [0.1, 0.15) is 47.0 Å². The van der Waals surface area contributed by atoms with Crippen LogP contribution in [0.2, 0.25) is 0 Å². The summed E-state index contributed by atoms with van der Waals surface area (Å²) in [6, 6.07) is 0. The molecule has 0 spiro atoms. The van der Waals surface area contributed by atoms with Crippen molar-refractivity contribution >= 4 is 0 Å². The van der Waals surface area contributed by atoms with Gasteiger partial charge in [-0.15, -0.1) is 6.58 Å². The second-order valence-corrected chi connectivity index (χ2v) is 5.06. The molecule has 0 amide bonds. The summed E-state index contributed by atoms with van der Waals surface area (Å²) in [6.07, 6.45) is 7.72. The van der Waals surface area contributed by atoms with Crippen molar-refractivity contribution in [3.8, 4) is 0 Å². The van der Waals surface area contributed by atoms with Crippen LogP contribution in [0.4, 0.5) is 0 Å². The summed E-state index contributed by atoms with van der Waals surface area (Å²) in [5.41, 5.74) is 1.43. The summed E-state index contributed by atoms with van der Waals surface area (Å²) in [5, 5.41) is 0. The van der Waals surface area contributed by atoms with Gasteiger partial charge in [-0.1, -0.05) is 38.5 Å². The van der Waals surface area contributed by atoms with Crippen molar-refractivity contribution < 1.29 is 4.74 Å². The van der Waals surface area contributed by atoms with Crippen LogP contribution >= 0.6 is 0 Å². The first-order valence-electron chi connectivity index (χ1n) is 6.42. The van der Waals surface area contributed by atoms with Crippen LogP contribution in [0.15, 0.2) is 24.3 Å². The molecule has 94 valence electrons. The van der Waals surface area contributed by atoms with Crippen LogP contribution < -0.4 is 0 Å². The van der Waals surface area contributed by atoms with Crippen molar-refractivity contribution in [3.63, 3.8) is 0 Å². The van der Waals surface area contributed by atoms with E-state index in [-0.39, 0.29) is 0 Å². The lowest BCUT2D eigenvalue weighted by Crippen LogP contribution is -1.99. The predicted octanol–water partition coefficient (Wildman–Crippen LogP) is 4.60. The van der Waals surface area contributed by atoms with Gasteiger partial charge in [-0.25, -0.2) is 0 Å². The number of allylic oxidation sites excluding steroid dienone is 2. The van der Waals surface area contributed by atoms with Crippen molar-refractivity contribution in [1.82, 2.24) is 0 Å². The Kier molecular flexibility index (Phi) is 9.31. The molecule has 0 radical (unpaired) electrons. The maximum Gasteiger partial charge on any atom is 0.0649 e. The Labute approximate surface area is 102 Å². The molecule has 0 saturated heterocycles. The number of hydrogen-bond acceptors (Lipinski definition) is 1. The van der Waals surface area contributed by atoms with Gasteiger partial charge in [0.05, 0.1) is 6.61 Å². The zero-order valence-electron chi connectivity index (χ0n) is 11.5. The number of rotatable bonds is 9. The fraction of sp³-hybridized carbons (Fsp3) is 0.733. The van der Waals surface area contributed by atoms with Gasteiger partial charge in [-0.2, -0.15) is 0 Å². The second-order valence-electron chi connectivity index (χ2n) is 5.06. The molecule has 0 N–H and O–H groups in total. The fourth-order valence-corrected chi connectivity index (χ4v) is 1.28. The van der Waals surface area contributed by atoms with Crippen molar-refractivity contribution in [2.45, 2.75) is 47.0 Å². The highest BCUT2D eigenvalue weighted by Crippen LogP contribution is 2.12. The highest BCUT2D eigenvalue weighted by Gasteiger charge is 1.97. The van der Waals surface area contributed by atoms with Crippen molar-refractivity contribution in [1.29, 1.82) is 0 Å². The van der Waals surface area contributed by atoms with E-state index < -0.39 is 0 Å². The minimum absolute atomic E-state index is 0.616. The van der Waals surface area contributed by atoms with Gasteiger partial charge in [0.1, 0.15) is 0 Å². The summed E-state index contributed by atoms with van der Waals surface area (Å²) in [6.45, 7) is 14.3. The predicted molar refractivity (Wildman–Crippen MR) is 72.6 cm³/mol. The maximum absolute atomic E-state index is 5.55. The number of ether oxygens (including phenoxy) is 1. The van der Waals surface area contributed by atoms with Crippen molar-refractivity contribution in [2.24, 2.45) is 11.8 Å². The Hall–Kier alpha value is -0.560. The topological polar surface area (TPSA) is 9.23 Å². The van der Waals surface area contributed by atoms with E-state index in [9.17, 15) is 0 Å². The molecule has 1 unspecified atom stereocenters. The summed E-state index contributed by atoms with van der Waals surface area (Å²) in [4.78, 5) is 0. The molecule has 0 fully saturated rings. The Bertz CT molecular complexity index is 203. The first kappa shape index (κ1) is 15.4. The Morgan fingerprint density at radius 2 is 1.94 bits per heavy atom.